The number of nitrogens with two attached hydrogens (primary N) is 1. The van der Waals surface area contributed by atoms with Gasteiger partial charge in [-0.3, -0.25) is 0 Å². The molecule has 0 aliphatic heterocycles. The Bertz CT molecular complexity index is 535. The Labute approximate surface area is 102 Å². The molecule has 3 nitrogen and oxygen atoms in total. The van der Waals surface area contributed by atoms with E-state index < -0.39 is 0 Å². The summed E-state index contributed by atoms with van der Waals surface area (Å²) in [4.78, 5) is 6.40. The van der Waals surface area contributed by atoms with Crippen LogP contribution in [0.15, 0.2) is 36.5 Å². The van der Waals surface area contributed by atoms with Crippen LogP contribution in [-0.4, -0.2) is 12.0 Å². The number of nitrogen functional groups attached to an aromatic ring is 1. The topological polar surface area (TPSA) is 42.1 Å². The largest absolute Gasteiger partial charge is 0.397 e. The highest BCUT2D eigenvalue weighted by atomic mass is 15.2. The minimum Gasteiger partial charge on any atom is -0.397 e. The summed E-state index contributed by atoms with van der Waals surface area (Å²) in [6.07, 6.45) is 1.71. The number of nitrogens with zero attached hydrogens (tertiary/aromatic N) is 2. The summed E-state index contributed by atoms with van der Waals surface area (Å²) in [5.74, 6) is 0.905. The van der Waals surface area contributed by atoms with Crippen LogP contribution in [0.1, 0.15) is 11.1 Å². The molecular formula is C14H17N3. The van der Waals surface area contributed by atoms with Gasteiger partial charge in [0.05, 0.1) is 11.9 Å². The maximum atomic E-state index is 5.77. The molecule has 0 saturated carbocycles. The molecule has 0 fully saturated rings. The number of rotatable bonds is 2. The fourth-order valence-corrected chi connectivity index (χ4v) is 1.70. The van der Waals surface area contributed by atoms with Crippen molar-refractivity contribution >= 4 is 17.2 Å². The van der Waals surface area contributed by atoms with E-state index in [-0.39, 0.29) is 0 Å². The van der Waals surface area contributed by atoms with E-state index in [1.165, 1.54) is 5.56 Å². The zero-order valence-corrected chi connectivity index (χ0v) is 10.4. The zero-order chi connectivity index (χ0) is 12.4. The van der Waals surface area contributed by atoms with Crippen LogP contribution in [-0.2, 0) is 0 Å². The molecule has 1 aromatic carbocycles. The average molecular weight is 227 g/mol. The minimum absolute atomic E-state index is 0.728. The zero-order valence-electron chi connectivity index (χ0n) is 10.4. The van der Waals surface area contributed by atoms with Crippen molar-refractivity contribution in [3.8, 4) is 0 Å². The van der Waals surface area contributed by atoms with E-state index in [4.69, 9.17) is 5.73 Å². The molecule has 0 bridgehead atoms. The fraction of sp³-hybridized carbons (Fsp3) is 0.214. The third kappa shape index (κ3) is 2.38. The number of aryl methyl sites for hydroxylation is 2. The van der Waals surface area contributed by atoms with Crippen molar-refractivity contribution in [1.82, 2.24) is 4.98 Å². The predicted molar refractivity (Wildman–Crippen MR) is 72.6 cm³/mol. The van der Waals surface area contributed by atoms with Gasteiger partial charge in [-0.05, 0) is 43.2 Å². The maximum Gasteiger partial charge on any atom is 0.133 e. The van der Waals surface area contributed by atoms with Gasteiger partial charge in [0.25, 0.3) is 0 Å². The Balaban J connectivity index is 2.36. The van der Waals surface area contributed by atoms with Gasteiger partial charge >= 0.3 is 0 Å². The van der Waals surface area contributed by atoms with Crippen LogP contribution in [0.5, 0.6) is 0 Å². The number of hydrogen-bond donors (Lipinski definition) is 1. The molecule has 2 N–H and O–H groups in total. The van der Waals surface area contributed by atoms with E-state index >= 15 is 0 Å². The highest BCUT2D eigenvalue weighted by Crippen LogP contribution is 2.24. The molecule has 0 aliphatic carbocycles. The van der Waals surface area contributed by atoms with Crippen LogP contribution in [0.2, 0.25) is 0 Å². The van der Waals surface area contributed by atoms with Crippen molar-refractivity contribution in [2.45, 2.75) is 13.8 Å². The Kier molecular flexibility index (Phi) is 3.00. The number of hydrogen-bond acceptors (Lipinski definition) is 3. The molecule has 1 aromatic heterocycles. The maximum absolute atomic E-state index is 5.77. The Morgan fingerprint density at radius 3 is 2.59 bits per heavy atom. The molecule has 2 aromatic rings. The molecular weight excluding hydrogens is 210 g/mol. The van der Waals surface area contributed by atoms with Crippen LogP contribution < -0.4 is 10.6 Å². The van der Waals surface area contributed by atoms with E-state index in [0.717, 1.165) is 22.8 Å². The Morgan fingerprint density at radius 1 is 1.18 bits per heavy atom. The van der Waals surface area contributed by atoms with Gasteiger partial charge in [-0.25, -0.2) is 4.98 Å². The predicted octanol–water partition coefficient (Wildman–Crippen LogP) is 3.05. The molecule has 0 radical (unpaired) electrons. The molecule has 17 heavy (non-hydrogen) atoms. The van der Waals surface area contributed by atoms with Crippen LogP contribution in [0, 0.1) is 13.8 Å². The number of aromatic nitrogens is 1. The molecule has 0 unspecified atom stereocenters. The van der Waals surface area contributed by atoms with E-state index in [0.29, 0.717) is 0 Å². The minimum atomic E-state index is 0.728. The van der Waals surface area contributed by atoms with Crippen LogP contribution >= 0.6 is 0 Å². The standard InChI is InChI=1S/C14H17N3/c1-10-5-4-6-12(7-10)17(3)14-8-11(2)13(15)9-16-14/h4-9H,15H2,1-3H3. The molecule has 88 valence electrons. The second-order valence-corrected chi connectivity index (χ2v) is 4.30. The summed E-state index contributed by atoms with van der Waals surface area (Å²) in [7, 11) is 2.01. The SMILES string of the molecule is Cc1cccc(N(C)c2cc(C)c(N)cn2)c1. The molecule has 0 aliphatic rings. The van der Waals surface area contributed by atoms with Gasteiger partial charge in [-0.2, -0.15) is 0 Å². The first-order chi connectivity index (χ1) is 8.08. The summed E-state index contributed by atoms with van der Waals surface area (Å²) in [6, 6.07) is 10.3. The van der Waals surface area contributed by atoms with Crippen LogP contribution in [0.3, 0.4) is 0 Å². The van der Waals surface area contributed by atoms with Crippen molar-refractivity contribution in [2.75, 3.05) is 17.7 Å². The first kappa shape index (κ1) is 11.5. The van der Waals surface area contributed by atoms with Gasteiger partial charge in [-0.1, -0.05) is 12.1 Å². The van der Waals surface area contributed by atoms with E-state index in [1.807, 2.05) is 26.1 Å². The molecule has 0 saturated heterocycles. The molecule has 2 rings (SSSR count). The summed E-state index contributed by atoms with van der Waals surface area (Å²) < 4.78 is 0. The molecule has 1 heterocycles. The second-order valence-electron chi connectivity index (χ2n) is 4.30. The van der Waals surface area contributed by atoms with Crippen LogP contribution in [0.25, 0.3) is 0 Å². The molecule has 0 spiro atoms. The highest BCUT2D eigenvalue weighted by molar-refractivity contribution is 5.62. The number of benzene rings is 1. The lowest BCUT2D eigenvalue weighted by molar-refractivity contribution is 1.12. The number of anilines is 3. The second kappa shape index (κ2) is 4.45. The monoisotopic (exact) mass is 227 g/mol. The van der Waals surface area contributed by atoms with Gasteiger partial charge in [-0.15, -0.1) is 0 Å². The number of pyridine rings is 1. The van der Waals surface area contributed by atoms with Crippen molar-refractivity contribution < 1.29 is 0 Å². The quantitative estimate of drug-likeness (QED) is 0.857. The molecule has 0 atom stereocenters. The van der Waals surface area contributed by atoms with Crippen LogP contribution in [0.4, 0.5) is 17.2 Å². The lowest BCUT2D eigenvalue weighted by atomic mass is 10.2. The first-order valence-corrected chi connectivity index (χ1v) is 5.60. The molecule has 0 amide bonds. The third-order valence-corrected chi connectivity index (χ3v) is 2.87. The lowest BCUT2D eigenvalue weighted by Gasteiger charge is -2.19. The molecule has 3 heteroatoms. The van der Waals surface area contributed by atoms with Crippen molar-refractivity contribution in [3.05, 3.63) is 47.7 Å². The first-order valence-electron chi connectivity index (χ1n) is 5.60. The van der Waals surface area contributed by atoms with Crippen molar-refractivity contribution in [2.24, 2.45) is 0 Å². The Morgan fingerprint density at radius 2 is 1.94 bits per heavy atom. The van der Waals surface area contributed by atoms with Gasteiger partial charge in [0.2, 0.25) is 0 Å². The highest BCUT2D eigenvalue weighted by Gasteiger charge is 2.06. The fourth-order valence-electron chi connectivity index (χ4n) is 1.70. The third-order valence-electron chi connectivity index (χ3n) is 2.87. The summed E-state index contributed by atoms with van der Waals surface area (Å²) in [5.41, 5.74) is 9.91. The van der Waals surface area contributed by atoms with E-state index in [2.05, 4.69) is 35.0 Å². The summed E-state index contributed by atoms with van der Waals surface area (Å²) in [5, 5.41) is 0. The van der Waals surface area contributed by atoms with Gasteiger partial charge in [0.1, 0.15) is 5.82 Å². The van der Waals surface area contributed by atoms with Crippen molar-refractivity contribution in [1.29, 1.82) is 0 Å². The average Bonchev–Trinajstić information content (AvgIpc) is 2.32. The van der Waals surface area contributed by atoms with Crippen molar-refractivity contribution in [3.63, 3.8) is 0 Å². The smallest absolute Gasteiger partial charge is 0.133 e. The Hall–Kier alpha value is -2.03. The summed E-state index contributed by atoms with van der Waals surface area (Å²) in [6.45, 7) is 4.07. The lowest BCUT2D eigenvalue weighted by Crippen LogP contribution is -2.11. The van der Waals surface area contributed by atoms with E-state index in [1.54, 1.807) is 6.20 Å². The van der Waals surface area contributed by atoms with Gasteiger partial charge in [0, 0.05) is 12.7 Å². The van der Waals surface area contributed by atoms with Gasteiger partial charge in [0.15, 0.2) is 0 Å². The van der Waals surface area contributed by atoms with E-state index in [9.17, 15) is 0 Å². The summed E-state index contributed by atoms with van der Waals surface area (Å²) >= 11 is 0. The normalized spacial score (nSPS) is 10.3. The van der Waals surface area contributed by atoms with Gasteiger partial charge < -0.3 is 10.6 Å².